The van der Waals surface area contributed by atoms with Gasteiger partial charge in [0.2, 0.25) is 0 Å². The Bertz CT molecular complexity index is 104. The summed E-state index contributed by atoms with van der Waals surface area (Å²) in [6, 6.07) is -0.112. The molecule has 0 bridgehead atoms. The zero-order valence-electron chi connectivity index (χ0n) is 8.04. The van der Waals surface area contributed by atoms with E-state index in [0.717, 1.165) is 6.42 Å². The van der Waals surface area contributed by atoms with E-state index in [0.29, 0.717) is 11.8 Å². The fourth-order valence-corrected chi connectivity index (χ4v) is 1.19. The molecule has 4 atom stereocenters. The maximum absolute atomic E-state index is 9.57. The molecule has 0 fully saturated rings. The molecule has 2 nitrogen and oxygen atoms in total. The van der Waals surface area contributed by atoms with Crippen molar-refractivity contribution in [3.8, 4) is 0 Å². The molecule has 0 amide bonds. The van der Waals surface area contributed by atoms with Gasteiger partial charge in [-0.05, 0) is 18.8 Å². The normalized spacial score (nSPS) is 22.4. The average molecular weight is 159 g/mol. The lowest BCUT2D eigenvalue weighted by molar-refractivity contribution is 0.0679. The second kappa shape index (κ2) is 4.73. The lowest BCUT2D eigenvalue weighted by Gasteiger charge is -2.26. The third kappa shape index (κ3) is 3.21. The van der Waals surface area contributed by atoms with E-state index in [2.05, 4.69) is 20.8 Å². The number of aliphatic hydroxyl groups excluding tert-OH is 1. The van der Waals surface area contributed by atoms with Gasteiger partial charge in [0, 0.05) is 6.04 Å². The van der Waals surface area contributed by atoms with E-state index >= 15 is 0 Å². The first-order valence-corrected chi connectivity index (χ1v) is 4.44. The van der Waals surface area contributed by atoms with Crippen molar-refractivity contribution >= 4 is 0 Å². The molecule has 68 valence electrons. The van der Waals surface area contributed by atoms with Crippen LogP contribution in [-0.4, -0.2) is 17.3 Å². The third-order valence-corrected chi connectivity index (χ3v) is 2.62. The van der Waals surface area contributed by atoms with E-state index in [9.17, 15) is 5.11 Å². The molecule has 4 unspecified atom stereocenters. The Hall–Kier alpha value is -0.0800. The molecule has 11 heavy (non-hydrogen) atoms. The molecular formula is C9H21NO. The van der Waals surface area contributed by atoms with Crippen LogP contribution in [0.1, 0.15) is 34.1 Å². The van der Waals surface area contributed by atoms with Crippen LogP contribution in [0.3, 0.4) is 0 Å². The van der Waals surface area contributed by atoms with Crippen molar-refractivity contribution in [2.45, 2.75) is 46.3 Å². The average Bonchev–Trinajstić information content (AvgIpc) is 2.00. The highest BCUT2D eigenvalue weighted by atomic mass is 16.3. The van der Waals surface area contributed by atoms with E-state index in [1.54, 1.807) is 0 Å². The molecule has 0 spiro atoms. The van der Waals surface area contributed by atoms with Crippen LogP contribution in [0.4, 0.5) is 0 Å². The molecule has 0 aliphatic heterocycles. The van der Waals surface area contributed by atoms with Crippen LogP contribution in [0.15, 0.2) is 0 Å². The fourth-order valence-electron chi connectivity index (χ4n) is 1.19. The Kier molecular flexibility index (Phi) is 4.69. The van der Waals surface area contributed by atoms with Crippen LogP contribution in [-0.2, 0) is 0 Å². The molecule has 0 aliphatic rings. The number of hydrogen-bond donors (Lipinski definition) is 2. The van der Waals surface area contributed by atoms with Gasteiger partial charge in [0.05, 0.1) is 6.10 Å². The first kappa shape index (κ1) is 10.9. The summed E-state index contributed by atoms with van der Waals surface area (Å²) in [6.45, 7) is 8.19. The summed E-state index contributed by atoms with van der Waals surface area (Å²) in [4.78, 5) is 0. The second-order valence-corrected chi connectivity index (χ2v) is 3.59. The minimum absolute atomic E-state index is 0.112. The first-order valence-electron chi connectivity index (χ1n) is 4.44. The smallest absolute Gasteiger partial charge is 0.0716 e. The summed E-state index contributed by atoms with van der Waals surface area (Å²) in [5.74, 6) is 0.857. The lowest BCUT2D eigenvalue weighted by atomic mass is 9.86. The molecule has 0 rings (SSSR count). The Morgan fingerprint density at radius 1 is 1.27 bits per heavy atom. The van der Waals surface area contributed by atoms with Crippen molar-refractivity contribution in [3.63, 3.8) is 0 Å². The van der Waals surface area contributed by atoms with E-state index in [4.69, 9.17) is 5.73 Å². The van der Waals surface area contributed by atoms with Crippen molar-refractivity contribution in [1.29, 1.82) is 0 Å². The molecule has 2 heteroatoms. The fraction of sp³-hybridized carbons (Fsp3) is 1.00. The van der Waals surface area contributed by atoms with Gasteiger partial charge >= 0.3 is 0 Å². The van der Waals surface area contributed by atoms with Gasteiger partial charge in [0.25, 0.3) is 0 Å². The minimum Gasteiger partial charge on any atom is -0.391 e. The molecule has 0 aromatic carbocycles. The van der Waals surface area contributed by atoms with Crippen molar-refractivity contribution in [2.24, 2.45) is 17.6 Å². The molecule has 0 aliphatic carbocycles. The van der Waals surface area contributed by atoms with Crippen LogP contribution in [0.5, 0.6) is 0 Å². The molecule has 0 saturated heterocycles. The van der Waals surface area contributed by atoms with Crippen LogP contribution in [0.2, 0.25) is 0 Å². The zero-order valence-corrected chi connectivity index (χ0v) is 8.04. The summed E-state index contributed by atoms with van der Waals surface area (Å²) in [5.41, 5.74) is 5.58. The van der Waals surface area contributed by atoms with Crippen LogP contribution < -0.4 is 5.73 Å². The highest BCUT2D eigenvalue weighted by molar-refractivity contribution is 4.75. The van der Waals surface area contributed by atoms with Gasteiger partial charge in [-0.15, -0.1) is 0 Å². The van der Waals surface area contributed by atoms with Crippen molar-refractivity contribution in [2.75, 3.05) is 0 Å². The van der Waals surface area contributed by atoms with Gasteiger partial charge < -0.3 is 10.8 Å². The Balaban J connectivity index is 3.90. The van der Waals surface area contributed by atoms with E-state index in [1.807, 2.05) is 6.92 Å². The van der Waals surface area contributed by atoms with Gasteiger partial charge in [0.15, 0.2) is 0 Å². The highest BCUT2D eigenvalue weighted by Gasteiger charge is 2.22. The van der Waals surface area contributed by atoms with Crippen molar-refractivity contribution in [3.05, 3.63) is 0 Å². The number of aliphatic hydroxyl groups is 1. The summed E-state index contributed by atoms with van der Waals surface area (Å²) in [5, 5.41) is 9.57. The van der Waals surface area contributed by atoms with Gasteiger partial charge in [-0.2, -0.15) is 0 Å². The number of rotatable bonds is 4. The number of nitrogens with two attached hydrogens (primary N) is 1. The third-order valence-electron chi connectivity index (χ3n) is 2.62. The quantitative estimate of drug-likeness (QED) is 0.651. The maximum atomic E-state index is 9.57. The minimum atomic E-state index is -0.357. The Labute approximate surface area is 69.8 Å². The van der Waals surface area contributed by atoms with E-state index < -0.39 is 0 Å². The van der Waals surface area contributed by atoms with Gasteiger partial charge in [-0.1, -0.05) is 27.2 Å². The SMILES string of the molecule is CCC(C)C(C)C(O)C(C)N. The van der Waals surface area contributed by atoms with Gasteiger partial charge in [-0.25, -0.2) is 0 Å². The summed E-state index contributed by atoms with van der Waals surface area (Å²) in [6.07, 6.45) is 0.746. The standard InChI is InChI=1S/C9H21NO/c1-5-6(2)7(3)9(11)8(4)10/h6-9,11H,5,10H2,1-4H3. The predicted octanol–water partition coefficient (Wildman–Crippen LogP) is 1.38. The maximum Gasteiger partial charge on any atom is 0.0716 e. The Morgan fingerprint density at radius 2 is 1.73 bits per heavy atom. The molecule has 0 aromatic rings. The van der Waals surface area contributed by atoms with Gasteiger partial charge in [0.1, 0.15) is 0 Å². The predicted molar refractivity (Wildman–Crippen MR) is 48.3 cm³/mol. The molecule has 0 saturated carbocycles. The topological polar surface area (TPSA) is 46.2 Å². The molecular weight excluding hydrogens is 138 g/mol. The van der Waals surface area contributed by atoms with Crippen molar-refractivity contribution < 1.29 is 5.11 Å². The van der Waals surface area contributed by atoms with Crippen LogP contribution in [0.25, 0.3) is 0 Å². The summed E-state index contributed by atoms with van der Waals surface area (Å²) >= 11 is 0. The molecule has 3 N–H and O–H groups in total. The van der Waals surface area contributed by atoms with Gasteiger partial charge in [-0.3, -0.25) is 0 Å². The van der Waals surface area contributed by atoms with Crippen molar-refractivity contribution in [1.82, 2.24) is 0 Å². The second-order valence-electron chi connectivity index (χ2n) is 3.59. The van der Waals surface area contributed by atoms with Crippen LogP contribution in [0, 0.1) is 11.8 Å². The lowest BCUT2D eigenvalue weighted by Crippen LogP contribution is -2.38. The highest BCUT2D eigenvalue weighted by Crippen LogP contribution is 2.19. The Morgan fingerprint density at radius 3 is 2.00 bits per heavy atom. The molecule has 0 aromatic heterocycles. The summed E-state index contributed by atoms with van der Waals surface area (Å²) < 4.78 is 0. The molecule has 0 heterocycles. The number of hydrogen-bond acceptors (Lipinski definition) is 2. The van der Waals surface area contributed by atoms with E-state index in [1.165, 1.54) is 0 Å². The first-order chi connectivity index (χ1) is 5.00. The summed E-state index contributed by atoms with van der Waals surface area (Å²) in [7, 11) is 0. The molecule has 0 radical (unpaired) electrons. The monoisotopic (exact) mass is 159 g/mol. The van der Waals surface area contributed by atoms with E-state index in [-0.39, 0.29) is 12.1 Å². The van der Waals surface area contributed by atoms with Crippen LogP contribution >= 0.6 is 0 Å². The zero-order chi connectivity index (χ0) is 9.02. The largest absolute Gasteiger partial charge is 0.391 e.